The van der Waals surface area contributed by atoms with Gasteiger partial charge in [-0.1, -0.05) is 181 Å². The molecular formula is C38H76O4S2Zn. The molecule has 0 N–H and O–H groups in total. The Hall–Kier alpha value is 0.263. The predicted molar refractivity (Wildman–Crippen MR) is 199 cm³/mol. The van der Waals surface area contributed by atoms with Crippen LogP contribution in [-0.4, -0.2) is 36.7 Å². The SMILES string of the molecule is CCCCCCCCCCCCCCCCOC(=O)CCS.CCCCCCCCCCCCCCCCOC(=O)CCS.[Zn]. The van der Waals surface area contributed by atoms with Gasteiger partial charge in [-0.25, -0.2) is 0 Å². The molecule has 0 fully saturated rings. The molecule has 266 valence electrons. The van der Waals surface area contributed by atoms with Gasteiger partial charge >= 0.3 is 11.9 Å². The zero-order valence-corrected chi connectivity index (χ0v) is 35.0. The maximum absolute atomic E-state index is 11.1. The molecule has 0 rings (SSSR count). The molecule has 0 aliphatic heterocycles. The summed E-state index contributed by atoms with van der Waals surface area (Å²) < 4.78 is 10.2. The Balaban J connectivity index is -0.000000767. The quantitative estimate of drug-likeness (QED) is 0.0300. The summed E-state index contributed by atoms with van der Waals surface area (Å²) in [4.78, 5) is 22.2. The third-order valence-electron chi connectivity index (χ3n) is 8.15. The van der Waals surface area contributed by atoms with E-state index < -0.39 is 0 Å². The number of rotatable bonds is 34. The summed E-state index contributed by atoms with van der Waals surface area (Å²) in [5, 5.41) is 0. The van der Waals surface area contributed by atoms with Crippen molar-refractivity contribution in [3.8, 4) is 0 Å². The minimum absolute atomic E-state index is 0. The van der Waals surface area contributed by atoms with Crippen molar-refractivity contribution in [2.75, 3.05) is 24.7 Å². The van der Waals surface area contributed by atoms with Crippen molar-refractivity contribution in [2.45, 2.75) is 206 Å². The van der Waals surface area contributed by atoms with Gasteiger partial charge in [0.15, 0.2) is 0 Å². The van der Waals surface area contributed by atoms with Crippen molar-refractivity contribution in [3.05, 3.63) is 0 Å². The fourth-order valence-electron chi connectivity index (χ4n) is 5.29. The van der Waals surface area contributed by atoms with E-state index in [4.69, 9.17) is 9.47 Å². The van der Waals surface area contributed by atoms with Crippen molar-refractivity contribution in [1.82, 2.24) is 0 Å². The van der Waals surface area contributed by atoms with E-state index in [1.165, 1.54) is 167 Å². The molecule has 0 saturated heterocycles. The monoisotopic (exact) mass is 724 g/mol. The van der Waals surface area contributed by atoms with Crippen molar-refractivity contribution in [3.63, 3.8) is 0 Å². The molecule has 0 atom stereocenters. The summed E-state index contributed by atoms with van der Waals surface area (Å²) >= 11 is 8.02. The second-order valence-corrected chi connectivity index (χ2v) is 13.5. The second-order valence-electron chi connectivity index (χ2n) is 12.6. The fourth-order valence-corrected chi connectivity index (χ4v) is 5.66. The third kappa shape index (κ3) is 48.8. The minimum Gasteiger partial charge on any atom is -0.466 e. The van der Waals surface area contributed by atoms with Gasteiger partial charge in [0.2, 0.25) is 0 Å². The van der Waals surface area contributed by atoms with Crippen molar-refractivity contribution in [1.29, 1.82) is 0 Å². The Morgan fingerprint density at radius 2 is 0.578 bits per heavy atom. The fraction of sp³-hybridized carbons (Fsp3) is 0.947. The van der Waals surface area contributed by atoms with E-state index in [-0.39, 0.29) is 31.4 Å². The van der Waals surface area contributed by atoms with Crippen LogP contribution in [0.1, 0.15) is 206 Å². The molecule has 7 heteroatoms. The van der Waals surface area contributed by atoms with Crippen LogP contribution < -0.4 is 0 Å². The van der Waals surface area contributed by atoms with E-state index in [0.717, 1.165) is 12.8 Å². The van der Waals surface area contributed by atoms with Gasteiger partial charge in [0.25, 0.3) is 0 Å². The molecule has 0 aliphatic carbocycles. The van der Waals surface area contributed by atoms with Crippen molar-refractivity contribution < 1.29 is 38.5 Å². The predicted octanol–water partition coefficient (Wildman–Crippen LogP) is 12.7. The zero-order chi connectivity index (χ0) is 32.6. The van der Waals surface area contributed by atoms with Crippen LogP contribution in [0.25, 0.3) is 0 Å². The average Bonchev–Trinajstić information content (AvgIpc) is 3.01. The molecule has 0 spiro atoms. The number of carbonyl (C=O) groups excluding carboxylic acids is 2. The Labute approximate surface area is 305 Å². The number of carbonyl (C=O) groups is 2. The summed E-state index contributed by atoms with van der Waals surface area (Å²) in [7, 11) is 0. The van der Waals surface area contributed by atoms with Crippen molar-refractivity contribution >= 4 is 37.2 Å². The van der Waals surface area contributed by atoms with Gasteiger partial charge in [-0.2, -0.15) is 25.3 Å². The molecule has 0 bridgehead atoms. The topological polar surface area (TPSA) is 52.6 Å². The van der Waals surface area contributed by atoms with Gasteiger partial charge in [0.1, 0.15) is 0 Å². The van der Waals surface area contributed by atoms with Gasteiger partial charge in [-0.3, -0.25) is 9.59 Å². The van der Waals surface area contributed by atoms with Crippen molar-refractivity contribution in [2.24, 2.45) is 0 Å². The van der Waals surface area contributed by atoms with Gasteiger partial charge < -0.3 is 9.47 Å². The summed E-state index contributed by atoms with van der Waals surface area (Å²) in [6.45, 7) is 5.72. The number of hydrogen-bond donors (Lipinski definition) is 2. The molecule has 0 unspecified atom stereocenters. The van der Waals surface area contributed by atoms with E-state index in [9.17, 15) is 9.59 Å². The molecule has 0 heterocycles. The zero-order valence-electron chi connectivity index (χ0n) is 30.3. The number of hydrogen-bond acceptors (Lipinski definition) is 6. The molecule has 0 aromatic carbocycles. The van der Waals surface area contributed by atoms with Crippen LogP contribution in [0.15, 0.2) is 0 Å². The second kappa shape index (κ2) is 46.4. The first kappa shape index (κ1) is 49.6. The number of esters is 2. The van der Waals surface area contributed by atoms with Crippen LogP contribution in [0.4, 0.5) is 0 Å². The summed E-state index contributed by atoms with van der Waals surface area (Å²) in [6.07, 6.45) is 38.7. The van der Waals surface area contributed by atoms with Gasteiger partial charge in [-0.05, 0) is 12.8 Å². The van der Waals surface area contributed by atoms with Gasteiger partial charge in [0.05, 0.1) is 26.1 Å². The van der Waals surface area contributed by atoms with E-state index in [1.807, 2.05) is 0 Å². The number of thiol groups is 2. The van der Waals surface area contributed by atoms with Crippen LogP contribution in [0.3, 0.4) is 0 Å². The Morgan fingerprint density at radius 3 is 0.778 bits per heavy atom. The first-order chi connectivity index (χ1) is 21.6. The third-order valence-corrected chi connectivity index (χ3v) is 8.60. The summed E-state index contributed by atoms with van der Waals surface area (Å²) in [5.41, 5.74) is 0. The molecule has 0 aromatic heterocycles. The smallest absolute Gasteiger partial charge is 0.306 e. The standard InChI is InChI=1S/2C19H38O2S.Zn/c2*1-2-3-4-5-6-7-8-9-10-11-12-13-14-15-17-21-19(20)16-18-22;/h2*22H,2-18H2,1H3;. The number of ether oxygens (including phenoxy) is 2. The maximum Gasteiger partial charge on any atom is 0.306 e. The number of unbranched alkanes of at least 4 members (excludes halogenated alkanes) is 26. The summed E-state index contributed by atoms with van der Waals surface area (Å²) in [5.74, 6) is 0.948. The molecule has 45 heavy (non-hydrogen) atoms. The van der Waals surface area contributed by atoms with Gasteiger partial charge in [0, 0.05) is 31.0 Å². The van der Waals surface area contributed by atoms with Crippen LogP contribution >= 0.6 is 25.3 Å². The first-order valence-electron chi connectivity index (χ1n) is 19.1. The van der Waals surface area contributed by atoms with Crippen LogP contribution in [0.5, 0.6) is 0 Å². The average molecular weight is 727 g/mol. The summed E-state index contributed by atoms with van der Waals surface area (Å²) in [6, 6.07) is 0. The Bertz CT molecular complexity index is 518. The van der Waals surface area contributed by atoms with Gasteiger partial charge in [-0.15, -0.1) is 0 Å². The molecule has 0 aliphatic rings. The van der Waals surface area contributed by atoms with E-state index >= 15 is 0 Å². The molecule has 0 aromatic rings. The first-order valence-corrected chi connectivity index (χ1v) is 20.4. The van der Waals surface area contributed by atoms with E-state index in [1.54, 1.807) is 0 Å². The maximum atomic E-state index is 11.1. The van der Waals surface area contributed by atoms with E-state index in [0.29, 0.717) is 37.6 Å². The van der Waals surface area contributed by atoms with E-state index in [2.05, 4.69) is 39.1 Å². The minimum atomic E-state index is -0.107. The van der Waals surface area contributed by atoms with Crippen LogP contribution in [0.2, 0.25) is 0 Å². The Morgan fingerprint density at radius 1 is 0.378 bits per heavy atom. The molecule has 0 saturated carbocycles. The largest absolute Gasteiger partial charge is 0.466 e. The molecule has 4 nitrogen and oxygen atoms in total. The molecule has 0 amide bonds. The molecular weight excluding hydrogens is 650 g/mol. The Kier molecular flexibility index (Phi) is 51.2. The van der Waals surface area contributed by atoms with Crippen LogP contribution in [0, 0.1) is 0 Å². The normalized spacial score (nSPS) is 10.6. The van der Waals surface area contributed by atoms with Crippen LogP contribution in [-0.2, 0) is 38.5 Å². The molecule has 0 radical (unpaired) electrons.